The van der Waals surface area contributed by atoms with Crippen LogP contribution in [0.1, 0.15) is 32.3 Å². The number of hydrogen-bond acceptors (Lipinski definition) is 4. The van der Waals surface area contributed by atoms with Crippen LogP contribution in [-0.2, 0) is 4.84 Å². The van der Waals surface area contributed by atoms with E-state index in [1.54, 1.807) is 12.1 Å². The second-order valence-corrected chi connectivity index (χ2v) is 4.50. The van der Waals surface area contributed by atoms with Crippen molar-refractivity contribution in [1.29, 1.82) is 0 Å². The molecule has 0 amide bonds. The van der Waals surface area contributed by atoms with Crippen molar-refractivity contribution >= 4 is 5.71 Å². The van der Waals surface area contributed by atoms with Crippen LogP contribution in [0.4, 0.5) is 0 Å². The molecule has 1 aromatic carbocycles. The van der Waals surface area contributed by atoms with E-state index in [4.69, 9.17) is 9.57 Å². The van der Waals surface area contributed by atoms with Crippen molar-refractivity contribution in [2.24, 2.45) is 5.16 Å². The Morgan fingerprint density at radius 1 is 1.53 bits per heavy atom. The zero-order valence-electron chi connectivity index (χ0n) is 10.4. The average Bonchev–Trinajstić information content (AvgIpc) is 2.73. The van der Waals surface area contributed by atoms with Gasteiger partial charge in [0.1, 0.15) is 5.60 Å². The van der Waals surface area contributed by atoms with Gasteiger partial charge >= 0.3 is 0 Å². The Hall–Kier alpha value is -1.71. The largest absolute Gasteiger partial charge is 0.504 e. The molecule has 1 heterocycles. The third-order valence-electron chi connectivity index (χ3n) is 3.18. The molecule has 0 fully saturated rings. The van der Waals surface area contributed by atoms with Crippen molar-refractivity contribution < 1.29 is 14.7 Å². The minimum atomic E-state index is -0.208. The molecule has 0 bridgehead atoms. The zero-order chi connectivity index (χ0) is 12.5. The summed E-state index contributed by atoms with van der Waals surface area (Å²) in [5, 5.41) is 13.6. The third kappa shape index (κ3) is 2.20. The number of methoxy groups -OCH3 is 1. The molecule has 4 nitrogen and oxygen atoms in total. The summed E-state index contributed by atoms with van der Waals surface area (Å²) < 4.78 is 5.08. The smallest absolute Gasteiger partial charge is 0.161 e. The summed E-state index contributed by atoms with van der Waals surface area (Å²) in [6.07, 6.45) is 1.69. The van der Waals surface area contributed by atoms with E-state index in [0.29, 0.717) is 5.75 Å². The molecule has 17 heavy (non-hydrogen) atoms. The first-order chi connectivity index (χ1) is 8.08. The minimum Gasteiger partial charge on any atom is -0.504 e. The standard InChI is InChI=1S/C13H17NO3/c1-4-13(2)8-10(14-17-13)9-5-6-11(15)12(7-9)16-3/h5-7,15H,4,8H2,1-3H3. The Morgan fingerprint density at radius 2 is 2.29 bits per heavy atom. The van der Waals surface area contributed by atoms with E-state index in [9.17, 15) is 5.11 Å². The van der Waals surface area contributed by atoms with Crippen molar-refractivity contribution in [1.82, 2.24) is 0 Å². The van der Waals surface area contributed by atoms with E-state index in [2.05, 4.69) is 12.1 Å². The Bertz CT molecular complexity index is 456. The number of hydrogen-bond donors (Lipinski definition) is 1. The number of nitrogens with zero attached hydrogens (tertiary/aromatic N) is 1. The molecule has 0 saturated heterocycles. The Morgan fingerprint density at radius 3 is 2.88 bits per heavy atom. The van der Waals surface area contributed by atoms with Crippen LogP contribution in [0.2, 0.25) is 0 Å². The summed E-state index contributed by atoms with van der Waals surface area (Å²) >= 11 is 0. The lowest BCUT2D eigenvalue weighted by Crippen LogP contribution is -2.23. The Balaban J connectivity index is 2.25. The van der Waals surface area contributed by atoms with Crippen LogP contribution in [0.3, 0.4) is 0 Å². The Kier molecular flexibility index (Phi) is 2.96. The molecular weight excluding hydrogens is 218 g/mol. The van der Waals surface area contributed by atoms with E-state index in [-0.39, 0.29) is 11.4 Å². The van der Waals surface area contributed by atoms with Crippen LogP contribution >= 0.6 is 0 Å². The van der Waals surface area contributed by atoms with Gasteiger partial charge in [-0.2, -0.15) is 0 Å². The summed E-state index contributed by atoms with van der Waals surface area (Å²) in [6.45, 7) is 4.12. The number of phenolic OH excluding ortho intramolecular Hbond substituents is 1. The van der Waals surface area contributed by atoms with Crippen molar-refractivity contribution in [2.75, 3.05) is 7.11 Å². The van der Waals surface area contributed by atoms with Crippen molar-refractivity contribution in [2.45, 2.75) is 32.3 Å². The molecule has 1 aliphatic rings. The van der Waals surface area contributed by atoms with E-state index < -0.39 is 0 Å². The fraction of sp³-hybridized carbons (Fsp3) is 0.462. The van der Waals surface area contributed by atoms with Gasteiger partial charge in [-0.15, -0.1) is 0 Å². The molecule has 0 saturated carbocycles. The lowest BCUT2D eigenvalue weighted by molar-refractivity contribution is -0.00605. The molecular formula is C13H17NO3. The highest BCUT2D eigenvalue weighted by molar-refractivity contribution is 6.02. The van der Waals surface area contributed by atoms with E-state index in [1.807, 2.05) is 13.0 Å². The molecule has 4 heteroatoms. The number of rotatable bonds is 3. The maximum Gasteiger partial charge on any atom is 0.161 e. The number of phenols is 1. The molecule has 92 valence electrons. The highest BCUT2D eigenvalue weighted by Crippen LogP contribution is 2.32. The van der Waals surface area contributed by atoms with Gasteiger partial charge < -0.3 is 14.7 Å². The van der Waals surface area contributed by atoms with Gasteiger partial charge in [0.25, 0.3) is 0 Å². The van der Waals surface area contributed by atoms with E-state index >= 15 is 0 Å². The molecule has 1 aliphatic heterocycles. The maximum absolute atomic E-state index is 9.53. The average molecular weight is 235 g/mol. The van der Waals surface area contributed by atoms with Gasteiger partial charge in [0.2, 0.25) is 0 Å². The number of benzene rings is 1. The summed E-state index contributed by atoms with van der Waals surface area (Å²) in [5.41, 5.74) is 1.62. The second-order valence-electron chi connectivity index (χ2n) is 4.50. The fourth-order valence-corrected chi connectivity index (χ4v) is 1.79. The number of oxime groups is 1. The molecule has 0 aliphatic carbocycles. The highest BCUT2D eigenvalue weighted by Gasteiger charge is 2.33. The van der Waals surface area contributed by atoms with Crippen LogP contribution < -0.4 is 4.74 Å². The molecule has 0 radical (unpaired) electrons. The van der Waals surface area contributed by atoms with Crippen molar-refractivity contribution in [3.63, 3.8) is 0 Å². The van der Waals surface area contributed by atoms with Gasteiger partial charge in [0, 0.05) is 12.0 Å². The molecule has 1 N–H and O–H groups in total. The second kappa shape index (κ2) is 4.28. The third-order valence-corrected chi connectivity index (χ3v) is 3.18. The first-order valence-corrected chi connectivity index (χ1v) is 5.70. The van der Waals surface area contributed by atoms with E-state index in [1.165, 1.54) is 7.11 Å². The quantitative estimate of drug-likeness (QED) is 0.876. The number of ether oxygens (including phenoxy) is 1. The van der Waals surface area contributed by atoms with Crippen LogP contribution in [0, 0.1) is 0 Å². The summed E-state index contributed by atoms with van der Waals surface area (Å²) in [6, 6.07) is 5.21. The summed E-state index contributed by atoms with van der Waals surface area (Å²) in [4.78, 5) is 5.45. The van der Waals surface area contributed by atoms with Gasteiger partial charge in [0.05, 0.1) is 12.8 Å². The highest BCUT2D eigenvalue weighted by atomic mass is 16.7. The normalized spacial score (nSPS) is 23.1. The van der Waals surface area contributed by atoms with Crippen LogP contribution in [0.25, 0.3) is 0 Å². The first-order valence-electron chi connectivity index (χ1n) is 5.70. The predicted molar refractivity (Wildman–Crippen MR) is 65.6 cm³/mol. The van der Waals surface area contributed by atoms with Gasteiger partial charge in [-0.3, -0.25) is 0 Å². The van der Waals surface area contributed by atoms with E-state index in [0.717, 1.165) is 24.1 Å². The van der Waals surface area contributed by atoms with Gasteiger partial charge in [0.15, 0.2) is 11.5 Å². The minimum absolute atomic E-state index is 0.133. The molecule has 1 unspecified atom stereocenters. The van der Waals surface area contributed by atoms with Gasteiger partial charge in [-0.05, 0) is 31.5 Å². The van der Waals surface area contributed by atoms with Crippen LogP contribution in [0.5, 0.6) is 11.5 Å². The topological polar surface area (TPSA) is 51.0 Å². The molecule has 0 spiro atoms. The van der Waals surface area contributed by atoms with Crippen molar-refractivity contribution in [3.8, 4) is 11.5 Å². The van der Waals surface area contributed by atoms with Gasteiger partial charge in [-0.1, -0.05) is 12.1 Å². The molecule has 1 atom stereocenters. The van der Waals surface area contributed by atoms with Crippen LogP contribution in [0.15, 0.2) is 23.4 Å². The summed E-state index contributed by atoms with van der Waals surface area (Å²) in [5.74, 6) is 0.587. The number of aromatic hydroxyl groups is 1. The van der Waals surface area contributed by atoms with Gasteiger partial charge in [-0.25, -0.2) is 0 Å². The summed E-state index contributed by atoms with van der Waals surface area (Å²) in [7, 11) is 1.53. The SMILES string of the molecule is CCC1(C)CC(c2ccc(O)c(OC)c2)=NO1. The first kappa shape index (κ1) is 11.8. The lowest BCUT2D eigenvalue weighted by atomic mass is 9.94. The Labute approximate surface area is 101 Å². The monoisotopic (exact) mass is 235 g/mol. The maximum atomic E-state index is 9.53. The lowest BCUT2D eigenvalue weighted by Gasteiger charge is -2.18. The molecule has 1 aromatic rings. The predicted octanol–water partition coefficient (Wildman–Crippen LogP) is 2.69. The zero-order valence-corrected chi connectivity index (χ0v) is 10.4. The molecule has 0 aromatic heterocycles. The molecule has 2 rings (SSSR count). The van der Waals surface area contributed by atoms with Crippen LogP contribution in [-0.4, -0.2) is 23.5 Å². The van der Waals surface area contributed by atoms with Crippen molar-refractivity contribution in [3.05, 3.63) is 23.8 Å². The fourth-order valence-electron chi connectivity index (χ4n) is 1.79.